The van der Waals surface area contributed by atoms with E-state index in [4.69, 9.17) is 20.5 Å². The van der Waals surface area contributed by atoms with Crippen LogP contribution in [0.15, 0.2) is 47.0 Å². The Morgan fingerprint density at radius 1 is 0.895 bits per heavy atom. The fourth-order valence-electron chi connectivity index (χ4n) is 3.31. The van der Waals surface area contributed by atoms with Crippen molar-refractivity contribution >= 4 is 40.8 Å². The molecule has 2 aromatic carbocycles. The monoisotopic (exact) mass is 527 g/mol. The van der Waals surface area contributed by atoms with Crippen molar-refractivity contribution in [2.45, 2.75) is 59.2 Å². The molecule has 2 heterocycles. The Morgan fingerprint density at radius 2 is 1.37 bits per heavy atom. The number of amides is 4. The van der Waals surface area contributed by atoms with Gasteiger partial charge in [0.15, 0.2) is 11.4 Å². The average Bonchev–Trinajstić information content (AvgIpc) is 3.24. The molecule has 4 rings (SSSR count). The van der Waals surface area contributed by atoms with Gasteiger partial charge in [-0.05, 0) is 71.4 Å². The van der Waals surface area contributed by atoms with Crippen molar-refractivity contribution in [1.82, 2.24) is 20.7 Å². The molecule has 0 saturated heterocycles. The minimum Gasteiger partial charge on any atom is -0.465 e. The fraction of sp³-hybridized carbons (Fsp3) is 0.346. The molecular weight excluding hydrogens is 494 g/mol. The van der Waals surface area contributed by atoms with Gasteiger partial charge in [0.2, 0.25) is 0 Å². The molecule has 1 aliphatic heterocycles. The van der Waals surface area contributed by atoms with Crippen LogP contribution in [0.2, 0.25) is 0 Å². The number of nitrogens with two attached hydrogens (primary N) is 1. The molecule has 0 radical (unpaired) electrons. The van der Waals surface area contributed by atoms with Crippen molar-refractivity contribution in [1.29, 1.82) is 0 Å². The molecule has 4 amide bonds. The lowest BCUT2D eigenvalue weighted by Gasteiger charge is -2.16. The van der Waals surface area contributed by atoms with Gasteiger partial charge in [-0.25, -0.2) is 9.59 Å². The third kappa shape index (κ3) is 8.50. The van der Waals surface area contributed by atoms with E-state index in [1.807, 2.05) is 0 Å². The summed E-state index contributed by atoms with van der Waals surface area (Å²) < 4.78 is 5.04. The number of hydrogen-bond donors (Lipinski definition) is 5. The molecule has 3 aromatic rings. The summed E-state index contributed by atoms with van der Waals surface area (Å²) in [6.45, 7) is 10.9. The Balaban J connectivity index is 0.000000264. The molecule has 0 fully saturated rings. The Kier molecular flexibility index (Phi) is 9.06. The number of fused-ring (bicyclic) bond motifs is 2. The minimum absolute atomic E-state index is 0.187. The highest BCUT2D eigenvalue weighted by molar-refractivity contribution is 6.21. The summed E-state index contributed by atoms with van der Waals surface area (Å²) in [5, 5.41) is 25.2. The van der Waals surface area contributed by atoms with Crippen molar-refractivity contribution < 1.29 is 33.9 Å². The van der Waals surface area contributed by atoms with Gasteiger partial charge in [-0.2, -0.15) is 0 Å². The van der Waals surface area contributed by atoms with E-state index < -0.39 is 12.2 Å². The average molecular weight is 528 g/mol. The zero-order chi connectivity index (χ0) is 28.8. The van der Waals surface area contributed by atoms with Crippen LogP contribution in [-0.2, 0) is 6.54 Å². The molecule has 0 bridgehead atoms. The first-order chi connectivity index (χ1) is 17.5. The minimum atomic E-state index is -0.975. The van der Waals surface area contributed by atoms with Gasteiger partial charge in [-0.15, -0.1) is 0 Å². The summed E-state index contributed by atoms with van der Waals surface area (Å²) in [5.41, 5.74) is 7.32. The van der Waals surface area contributed by atoms with Crippen LogP contribution in [0.4, 0.5) is 15.4 Å². The third-order valence-corrected chi connectivity index (χ3v) is 4.75. The number of aromatic nitrogens is 1. The first-order valence-electron chi connectivity index (χ1n) is 11.6. The predicted octanol–water partition coefficient (Wildman–Crippen LogP) is 4.31. The van der Waals surface area contributed by atoms with Crippen LogP contribution in [0.5, 0.6) is 0 Å². The van der Waals surface area contributed by atoms with Crippen molar-refractivity contribution in [2.24, 2.45) is 0 Å². The normalized spacial score (nSPS) is 12.6. The Morgan fingerprint density at radius 3 is 1.76 bits per heavy atom. The number of benzene rings is 2. The van der Waals surface area contributed by atoms with Crippen LogP contribution in [-0.4, -0.2) is 55.3 Å². The maximum absolute atomic E-state index is 12.3. The number of carbonyl (C=O) groups excluding carboxylic acids is 2. The zero-order valence-electron chi connectivity index (χ0n) is 22.2. The van der Waals surface area contributed by atoms with Gasteiger partial charge >= 0.3 is 12.2 Å². The van der Waals surface area contributed by atoms with E-state index in [0.29, 0.717) is 27.9 Å². The molecule has 38 heavy (non-hydrogen) atoms. The second kappa shape index (κ2) is 11.6. The van der Waals surface area contributed by atoms with Gasteiger partial charge in [-0.1, -0.05) is 23.4 Å². The number of carboxylic acid groups (broad SMARTS) is 2. The first-order valence-corrected chi connectivity index (χ1v) is 11.6. The van der Waals surface area contributed by atoms with Crippen molar-refractivity contribution in [2.75, 3.05) is 5.73 Å². The van der Waals surface area contributed by atoms with Gasteiger partial charge in [0, 0.05) is 11.1 Å². The van der Waals surface area contributed by atoms with Crippen molar-refractivity contribution in [3.63, 3.8) is 0 Å². The number of nitrogen functional groups attached to an aromatic ring is 1. The smallest absolute Gasteiger partial charge is 0.405 e. The molecule has 0 aliphatic carbocycles. The maximum Gasteiger partial charge on any atom is 0.405 e. The molecular formula is C26H33N5O7. The lowest BCUT2D eigenvalue weighted by Crippen LogP contribution is -2.39. The molecule has 0 saturated carbocycles. The topological polar surface area (TPSA) is 188 Å². The summed E-state index contributed by atoms with van der Waals surface area (Å²) in [7, 11) is 0. The first kappa shape index (κ1) is 29.6. The zero-order valence-corrected chi connectivity index (χ0v) is 22.2. The number of hydrogen-bond acceptors (Lipinski definition) is 7. The molecule has 6 N–H and O–H groups in total. The van der Waals surface area contributed by atoms with Crippen LogP contribution < -0.4 is 16.4 Å². The quantitative estimate of drug-likeness (QED) is 0.302. The van der Waals surface area contributed by atoms with Crippen LogP contribution in [0.25, 0.3) is 11.0 Å². The van der Waals surface area contributed by atoms with Crippen LogP contribution in [0.3, 0.4) is 0 Å². The lowest BCUT2D eigenvalue weighted by molar-refractivity contribution is 0.0642. The molecule has 12 heteroatoms. The van der Waals surface area contributed by atoms with Crippen LogP contribution in [0, 0.1) is 0 Å². The maximum atomic E-state index is 12.3. The molecule has 1 aromatic heterocycles. The van der Waals surface area contributed by atoms with Crippen molar-refractivity contribution in [3.8, 4) is 0 Å². The van der Waals surface area contributed by atoms with Gasteiger partial charge in [-0.3, -0.25) is 14.5 Å². The third-order valence-electron chi connectivity index (χ3n) is 4.75. The van der Waals surface area contributed by atoms with E-state index in [2.05, 4.69) is 15.8 Å². The summed E-state index contributed by atoms with van der Waals surface area (Å²) in [6.07, 6.45) is -1.95. The highest BCUT2D eigenvalue weighted by Crippen LogP contribution is 2.26. The fourth-order valence-corrected chi connectivity index (χ4v) is 3.31. The van der Waals surface area contributed by atoms with Gasteiger partial charge in [0.25, 0.3) is 11.8 Å². The number of imide groups is 1. The number of nitrogens with zero attached hydrogens (tertiary/aromatic N) is 2. The molecule has 0 unspecified atom stereocenters. The van der Waals surface area contributed by atoms with E-state index >= 15 is 0 Å². The highest BCUT2D eigenvalue weighted by Gasteiger charge is 2.35. The second-order valence-corrected chi connectivity index (χ2v) is 10.5. The summed E-state index contributed by atoms with van der Waals surface area (Å²) >= 11 is 0. The van der Waals surface area contributed by atoms with E-state index in [9.17, 15) is 19.2 Å². The van der Waals surface area contributed by atoms with Gasteiger partial charge < -0.3 is 31.1 Å². The Labute approximate surface area is 219 Å². The van der Waals surface area contributed by atoms with E-state index in [-0.39, 0.29) is 29.4 Å². The number of nitrogens with one attached hydrogen (secondary N) is 2. The Hall–Kier alpha value is -4.61. The lowest BCUT2D eigenvalue weighted by atomic mass is 10.1. The predicted molar refractivity (Wildman–Crippen MR) is 141 cm³/mol. The molecule has 0 spiro atoms. The van der Waals surface area contributed by atoms with Crippen LogP contribution in [0.1, 0.15) is 67.8 Å². The highest BCUT2D eigenvalue weighted by atomic mass is 16.5. The summed E-state index contributed by atoms with van der Waals surface area (Å²) in [4.78, 5) is 45.7. The van der Waals surface area contributed by atoms with Crippen molar-refractivity contribution in [3.05, 3.63) is 59.2 Å². The molecule has 0 atom stereocenters. The van der Waals surface area contributed by atoms with E-state index in [0.717, 1.165) is 5.56 Å². The molecule has 12 nitrogen and oxygen atoms in total. The largest absolute Gasteiger partial charge is 0.465 e. The number of anilines is 1. The van der Waals surface area contributed by atoms with Gasteiger partial charge in [0.1, 0.15) is 0 Å². The molecule has 204 valence electrons. The van der Waals surface area contributed by atoms with Gasteiger partial charge in [0.05, 0.1) is 23.1 Å². The summed E-state index contributed by atoms with van der Waals surface area (Å²) in [5.74, 6) is -0.266. The summed E-state index contributed by atoms with van der Waals surface area (Å²) in [6, 6.07) is 12.1. The van der Waals surface area contributed by atoms with E-state index in [1.165, 1.54) is 4.90 Å². The molecule has 1 aliphatic rings. The number of carbonyl (C=O) groups is 4. The SMILES string of the molecule is CC(C)(C)NC(=O)O.CC(C)(C)NC(=O)O.Nc1noc2ccc(CN3C(=O)c4ccccc4C3=O)cc12. The number of rotatable bonds is 2. The Bertz CT molecular complexity index is 1270. The van der Waals surface area contributed by atoms with E-state index in [1.54, 1.807) is 84.0 Å². The standard InChI is InChI=1S/C16H11N3O3.2C5H11NO2/c17-14-12-7-9(5-6-13(12)22-18-14)8-19-15(20)10-3-1-2-4-11(10)16(19)21;2*1-5(2,3)6-4(7)8/h1-7H,8H2,(H2,17,18);2*6H,1-3H3,(H,7,8). The second-order valence-electron chi connectivity index (χ2n) is 10.5. The van der Waals surface area contributed by atoms with Crippen LogP contribution >= 0.6 is 0 Å².